The molecule has 0 saturated heterocycles. The van der Waals surface area contributed by atoms with E-state index in [1.165, 1.54) is 22.1 Å². The molecule has 0 aliphatic heterocycles. The summed E-state index contributed by atoms with van der Waals surface area (Å²) in [6.45, 7) is 0. The molecule has 106 valence electrons. The average Bonchev–Trinajstić information content (AvgIpc) is 2.88. The highest BCUT2D eigenvalue weighted by Crippen LogP contribution is 2.50. The van der Waals surface area contributed by atoms with Crippen molar-refractivity contribution in [2.24, 2.45) is 0 Å². The van der Waals surface area contributed by atoms with Crippen LogP contribution in [0.4, 0.5) is 0 Å². The zero-order chi connectivity index (χ0) is 14.8. The molecule has 0 saturated carbocycles. The molecule has 0 spiro atoms. The van der Waals surface area contributed by atoms with Gasteiger partial charge in [-0.1, -0.05) is 54.6 Å². The number of rotatable bonds is 0. The molecule has 0 bridgehead atoms. The Morgan fingerprint density at radius 1 is 0.773 bits per heavy atom. The van der Waals surface area contributed by atoms with Gasteiger partial charge >= 0.3 is 0 Å². The summed E-state index contributed by atoms with van der Waals surface area (Å²) in [5.41, 5.74) is 6.68. The summed E-state index contributed by atoms with van der Waals surface area (Å²) in [5.74, 6) is 0. The van der Waals surface area contributed by atoms with E-state index < -0.39 is 12.2 Å². The Morgan fingerprint density at radius 3 is 2.32 bits per heavy atom. The minimum atomic E-state index is -0.864. The Hall–Kier alpha value is -2.42. The molecule has 0 fully saturated rings. The van der Waals surface area contributed by atoms with Gasteiger partial charge in [0.15, 0.2) is 0 Å². The highest BCUT2D eigenvalue weighted by atomic mass is 16.3. The Labute approximate surface area is 128 Å². The lowest BCUT2D eigenvalue weighted by Gasteiger charge is -2.24. The first-order valence-corrected chi connectivity index (χ1v) is 7.49. The highest BCUT2D eigenvalue weighted by molar-refractivity contribution is 6.17. The predicted molar refractivity (Wildman–Crippen MR) is 88.4 cm³/mol. The van der Waals surface area contributed by atoms with Gasteiger partial charge in [-0.3, -0.25) is 0 Å². The molecular formula is C20H14O2. The van der Waals surface area contributed by atoms with Crippen LogP contribution in [0.3, 0.4) is 0 Å². The van der Waals surface area contributed by atoms with Crippen molar-refractivity contribution in [1.82, 2.24) is 0 Å². The topological polar surface area (TPSA) is 40.5 Å². The molecule has 0 heterocycles. The fraction of sp³-hybridized carbons (Fsp3) is 0.100. The van der Waals surface area contributed by atoms with Crippen LogP contribution >= 0.6 is 0 Å². The van der Waals surface area contributed by atoms with Gasteiger partial charge in [-0.15, -0.1) is 0 Å². The molecule has 2 atom stereocenters. The van der Waals surface area contributed by atoms with Gasteiger partial charge in [0.25, 0.3) is 0 Å². The first-order chi connectivity index (χ1) is 10.8. The normalized spacial score (nSPS) is 21.0. The molecule has 0 amide bonds. The molecular weight excluding hydrogens is 272 g/mol. The maximum atomic E-state index is 10.4. The molecule has 2 aliphatic carbocycles. The van der Waals surface area contributed by atoms with E-state index in [9.17, 15) is 10.2 Å². The highest BCUT2D eigenvalue weighted by Gasteiger charge is 2.28. The van der Waals surface area contributed by atoms with Crippen molar-refractivity contribution in [1.29, 1.82) is 0 Å². The molecule has 2 nitrogen and oxygen atoms in total. The third-order valence-corrected chi connectivity index (χ3v) is 4.84. The summed E-state index contributed by atoms with van der Waals surface area (Å²) in [7, 11) is 0. The second kappa shape index (κ2) is 4.07. The van der Waals surface area contributed by atoms with Crippen molar-refractivity contribution in [2.45, 2.75) is 12.2 Å². The summed E-state index contributed by atoms with van der Waals surface area (Å²) < 4.78 is 0. The van der Waals surface area contributed by atoms with Gasteiger partial charge in [0.05, 0.1) is 0 Å². The maximum Gasteiger partial charge on any atom is 0.109 e. The second-order valence-corrected chi connectivity index (χ2v) is 6.00. The Balaban J connectivity index is 1.98. The SMILES string of the molecule is O[C@@H]1C=Cc2c(cc3c4c(cccc24)-c2ccccc2-3)[C@H]1O. The predicted octanol–water partition coefficient (Wildman–Crippen LogP) is 3.91. The molecule has 0 aromatic heterocycles. The molecule has 0 unspecified atom stereocenters. The lowest BCUT2D eigenvalue weighted by molar-refractivity contribution is 0.0471. The van der Waals surface area contributed by atoms with Gasteiger partial charge < -0.3 is 10.2 Å². The van der Waals surface area contributed by atoms with Crippen molar-refractivity contribution in [3.8, 4) is 22.3 Å². The van der Waals surface area contributed by atoms with Crippen LogP contribution in [-0.4, -0.2) is 16.3 Å². The van der Waals surface area contributed by atoms with E-state index in [-0.39, 0.29) is 0 Å². The first-order valence-electron chi connectivity index (χ1n) is 7.49. The van der Waals surface area contributed by atoms with Gasteiger partial charge in [-0.2, -0.15) is 0 Å². The lowest BCUT2D eigenvalue weighted by atomic mass is 9.86. The van der Waals surface area contributed by atoms with E-state index >= 15 is 0 Å². The van der Waals surface area contributed by atoms with Gasteiger partial charge in [0.1, 0.15) is 12.2 Å². The van der Waals surface area contributed by atoms with E-state index in [1.54, 1.807) is 6.08 Å². The molecule has 3 aromatic carbocycles. The van der Waals surface area contributed by atoms with Crippen molar-refractivity contribution in [3.63, 3.8) is 0 Å². The fourth-order valence-electron chi connectivity index (χ4n) is 3.83. The Kier molecular flexibility index (Phi) is 2.25. The molecule has 5 rings (SSSR count). The number of benzene rings is 3. The Bertz CT molecular complexity index is 969. The number of hydrogen-bond acceptors (Lipinski definition) is 2. The smallest absolute Gasteiger partial charge is 0.109 e. The summed E-state index contributed by atoms with van der Waals surface area (Å²) in [6, 6.07) is 16.7. The van der Waals surface area contributed by atoms with Crippen molar-refractivity contribution in [2.75, 3.05) is 0 Å². The molecule has 0 radical (unpaired) electrons. The van der Waals surface area contributed by atoms with Crippen LogP contribution in [0, 0.1) is 0 Å². The maximum absolute atomic E-state index is 10.4. The van der Waals surface area contributed by atoms with Crippen molar-refractivity contribution >= 4 is 16.8 Å². The third-order valence-electron chi connectivity index (χ3n) is 4.84. The van der Waals surface area contributed by atoms with Gasteiger partial charge in [0.2, 0.25) is 0 Å². The van der Waals surface area contributed by atoms with Gasteiger partial charge in [-0.25, -0.2) is 0 Å². The van der Waals surface area contributed by atoms with Crippen LogP contribution in [-0.2, 0) is 0 Å². The summed E-state index contributed by atoms with van der Waals surface area (Å²) in [5, 5.41) is 22.7. The largest absolute Gasteiger partial charge is 0.386 e. The van der Waals surface area contributed by atoms with E-state index in [2.05, 4.69) is 36.4 Å². The van der Waals surface area contributed by atoms with Crippen molar-refractivity contribution < 1.29 is 10.2 Å². The van der Waals surface area contributed by atoms with E-state index in [1.807, 2.05) is 18.2 Å². The summed E-state index contributed by atoms with van der Waals surface area (Å²) >= 11 is 0. The molecule has 2 heteroatoms. The van der Waals surface area contributed by atoms with E-state index in [4.69, 9.17) is 0 Å². The van der Waals surface area contributed by atoms with Crippen LogP contribution in [0.1, 0.15) is 17.2 Å². The quantitative estimate of drug-likeness (QED) is 0.514. The van der Waals surface area contributed by atoms with E-state index in [0.29, 0.717) is 0 Å². The first kappa shape index (κ1) is 12.2. The van der Waals surface area contributed by atoms with Crippen LogP contribution in [0.2, 0.25) is 0 Å². The van der Waals surface area contributed by atoms with E-state index in [0.717, 1.165) is 22.1 Å². The fourth-order valence-corrected chi connectivity index (χ4v) is 3.83. The number of hydrogen-bond donors (Lipinski definition) is 2. The number of aliphatic hydroxyl groups is 2. The molecule has 2 aliphatic rings. The third kappa shape index (κ3) is 1.36. The zero-order valence-corrected chi connectivity index (χ0v) is 11.8. The Morgan fingerprint density at radius 2 is 1.50 bits per heavy atom. The number of fused-ring (bicyclic) bond motifs is 5. The second-order valence-electron chi connectivity index (χ2n) is 6.00. The monoisotopic (exact) mass is 286 g/mol. The minimum absolute atomic E-state index is 0.811. The summed E-state index contributed by atoms with van der Waals surface area (Å²) in [6.07, 6.45) is 1.90. The van der Waals surface area contributed by atoms with Crippen LogP contribution < -0.4 is 0 Å². The van der Waals surface area contributed by atoms with Crippen molar-refractivity contribution in [3.05, 3.63) is 65.7 Å². The summed E-state index contributed by atoms with van der Waals surface area (Å²) in [4.78, 5) is 0. The van der Waals surface area contributed by atoms with Crippen LogP contribution in [0.5, 0.6) is 0 Å². The molecule has 3 aromatic rings. The molecule has 2 N–H and O–H groups in total. The van der Waals surface area contributed by atoms with Gasteiger partial charge in [0, 0.05) is 0 Å². The molecule has 22 heavy (non-hydrogen) atoms. The van der Waals surface area contributed by atoms with Crippen LogP contribution in [0.15, 0.2) is 54.6 Å². The minimum Gasteiger partial charge on any atom is -0.386 e. The lowest BCUT2D eigenvalue weighted by Crippen LogP contribution is -2.19. The zero-order valence-electron chi connectivity index (χ0n) is 11.8. The van der Waals surface area contributed by atoms with Crippen LogP contribution in [0.25, 0.3) is 39.1 Å². The standard InChI is InChI=1S/C20H14O2/c21-18-9-8-13-15-7-3-6-14-11-4-1-2-5-12(11)16(19(14)15)10-17(13)20(18)22/h1-10,18,20-22H/t18-,20-/m1/s1. The number of aliphatic hydroxyl groups excluding tert-OH is 2. The van der Waals surface area contributed by atoms with Gasteiger partial charge in [-0.05, 0) is 50.2 Å². The average molecular weight is 286 g/mol.